The number of H-pyrrole nitrogens is 1. The minimum Gasteiger partial charge on any atom is -0.329 e. The van der Waals surface area contributed by atoms with Gasteiger partial charge in [-0.05, 0) is 6.07 Å². The highest BCUT2D eigenvalue weighted by Gasteiger charge is 2.04. The van der Waals surface area contributed by atoms with E-state index in [4.69, 9.17) is 11.6 Å². The molecule has 0 aliphatic carbocycles. The van der Waals surface area contributed by atoms with Gasteiger partial charge in [-0.15, -0.1) is 0 Å². The van der Waals surface area contributed by atoms with Crippen molar-refractivity contribution in [2.24, 2.45) is 0 Å². The molecule has 0 fully saturated rings. The lowest BCUT2D eigenvalue weighted by Crippen LogP contribution is -1.82. The van der Waals surface area contributed by atoms with Crippen LogP contribution in [0.4, 0.5) is 0 Å². The van der Waals surface area contributed by atoms with E-state index in [2.05, 4.69) is 19.9 Å². The Morgan fingerprint density at radius 3 is 3.00 bits per heavy atom. The molecule has 0 saturated carbocycles. The molecular weight excluding hydrogens is 200 g/mol. The zero-order chi connectivity index (χ0) is 9.54. The number of hydrogen-bond acceptors (Lipinski definition) is 3. The largest absolute Gasteiger partial charge is 0.329 e. The second-order valence-corrected chi connectivity index (χ2v) is 3.34. The average molecular weight is 205 g/mol. The van der Waals surface area contributed by atoms with E-state index in [9.17, 15) is 0 Å². The van der Waals surface area contributed by atoms with Crippen molar-refractivity contribution in [3.8, 4) is 0 Å². The Bertz CT molecular complexity index is 616. The van der Waals surface area contributed by atoms with Crippen LogP contribution in [-0.2, 0) is 0 Å². The Balaban J connectivity index is 2.57. The number of aromatic nitrogens is 4. The van der Waals surface area contributed by atoms with Crippen molar-refractivity contribution in [1.82, 2.24) is 19.9 Å². The van der Waals surface area contributed by atoms with Crippen molar-refractivity contribution >= 4 is 33.5 Å². The minimum atomic E-state index is 0.467. The Morgan fingerprint density at radius 2 is 2.07 bits per heavy atom. The summed E-state index contributed by atoms with van der Waals surface area (Å²) in [7, 11) is 0. The molecule has 4 nitrogen and oxygen atoms in total. The van der Waals surface area contributed by atoms with E-state index in [1.165, 1.54) is 0 Å². The van der Waals surface area contributed by atoms with E-state index in [-0.39, 0.29) is 0 Å². The number of nitrogens with zero attached hydrogens (tertiary/aromatic N) is 3. The van der Waals surface area contributed by atoms with Crippen LogP contribution < -0.4 is 0 Å². The van der Waals surface area contributed by atoms with Crippen LogP contribution in [0.15, 0.2) is 24.8 Å². The predicted octanol–water partition coefficient (Wildman–Crippen LogP) is 2.16. The van der Waals surface area contributed by atoms with E-state index in [0.717, 1.165) is 21.9 Å². The van der Waals surface area contributed by atoms with E-state index in [1.807, 2.05) is 0 Å². The second kappa shape index (κ2) is 2.65. The van der Waals surface area contributed by atoms with Gasteiger partial charge in [-0.3, -0.25) is 0 Å². The van der Waals surface area contributed by atoms with Gasteiger partial charge < -0.3 is 4.98 Å². The number of nitrogens with one attached hydrogen (secondary N) is 1. The first-order chi connectivity index (χ1) is 6.84. The summed E-state index contributed by atoms with van der Waals surface area (Å²) >= 11 is 5.78. The highest BCUT2D eigenvalue weighted by Crippen LogP contribution is 2.21. The number of rotatable bonds is 0. The lowest BCUT2D eigenvalue weighted by Gasteiger charge is -1.97. The third kappa shape index (κ3) is 0.975. The molecule has 68 valence electrons. The predicted molar refractivity (Wildman–Crippen MR) is 54.2 cm³/mol. The lowest BCUT2D eigenvalue weighted by atomic mass is 10.2. The molecular formula is C9H5ClN4. The molecule has 5 heteroatoms. The van der Waals surface area contributed by atoms with Gasteiger partial charge in [0.05, 0.1) is 6.33 Å². The summed E-state index contributed by atoms with van der Waals surface area (Å²) in [6.45, 7) is 0. The fourth-order valence-electron chi connectivity index (χ4n) is 1.47. The molecule has 14 heavy (non-hydrogen) atoms. The molecule has 0 aliphatic heterocycles. The summed E-state index contributed by atoms with van der Waals surface area (Å²) in [6, 6.07) is 1.78. The molecule has 3 aromatic rings. The first kappa shape index (κ1) is 7.70. The fraction of sp³-hybridized carbons (Fsp3) is 0. The molecule has 0 bridgehead atoms. The molecule has 0 radical (unpaired) electrons. The Kier molecular flexibility index (Phi) is 1.46. The molecule has 3 aromatic heterocycles. The Labute approximate surface area is 84.0 Å². The number of fused-ring (bicyclic) bond motifs is 3. The Hall–Kier alpha value is -1.68. The van der Waals surface area contributed by atoms with Gasteiger partial charge in [0, 0.05) is 23.2 Å². The standard InChI is InChI=1S/C9H5ClN4/c10-7-1-5-2-12-9-8(13-4-14-9)6(5)3-11-7/h1-4H,(H,12,13,14). The molecule has 3 rings (SSSR count). The van der Waals surface area contributed by atoms with Crippen LogP contribution >= 0.6 is 11.6 Å². The zero-order valence-electron chi connectivity index (χ0n) is 7.03. The maximum absolute atomic E-state index is 5.78. The number of halogens is 1. The lowest BCUT2D eigenvalue weighted by molar-refractivity contribution is 1.31. The van der Waals surface area contributed by atoms with Crippen molar-refractivity contribution < 1.29 is 0 Å². The van der Waals surface area contributed by atoms with Gasteiger partial charge in [-0.2, -0.15) is 0 Å². The first-order valence-corrected chi connectivity index (χ1v) is 4.46. The summed E-state index contributed by atoms with van der Waals surface area (Å²) in [5.41, 5.74) is 1.59. The van der Waals surface area contributed by atoms with Gasteiger partial charge in [-0.1, -0.05) is 11.6 Å². The van der Waals surface area contributed by atoms with Crippen LogP contribution in [0.1, 0.15) is 0 Å². The average Bonchev–Trinajstić information content (AvgIpc) is 2.65. The number of hydrogen-bond donors (Lipinski definition) is 1. The molecule has 0 saturated heterocycles. The summed E-state index contributed by atoms with van der Waals surface area (Å²) in [5.74, 6) is 0. The maximum atomic E-state index is 5.78. The van der Waals surface area contributed by atoms with E-state index in [0.29, 0.717) is 5.15 Å². The molecule has 0 atom stereocenters. The van der Waals surface area contributed by atoms with E-state index < -0.39 is 0 Å². The molecule has 0 unspecified atom stereocenters. The fourth-order valence-corrected chi connectivity index (χ4v) is 1.63. The summed E-state index contributed by atoms with van der Waals surface area (Å²) in [4.78, 5) is 15.3. The number of aromatic amines is 1. The highest BCUT2D eigenvalue weighted by molar-refractivity contribution is 6.30. The zero-order valence-corrected chi connectivity index (χ0v) is 7.78. The van der Waals surface area contributed by atoms with Crippen LogP contribution in [0.25, 0.3) is 21.9 Å². The SMILES string of the molecule is Clc1cc2cnc3[nH]cnc3c2cn1. The third-order valence-corrected chi connectivity index (χ3v) is 2.32. The van der Waals surface area contributed by atoms with Crippen molar-refractivity contribution in [3.63, 3.8) is 0 Å². The first-order valence-electron chi connectivity index (χ1n) is 4.08. The molecule has 0 spiro atoms. The van der Waals surface area contributed by atoms with Gasteiger partial charge in [-0.25, -0.2) is 15.0 Å². The number of imidazole rings is 1. The topological polar surface area (TPSA) is 54.5 Å². The van der Waals surface area contributed by atoms with Crippen LogP contribution in [0.5, 0.6) is 0 Å². The van der Waals surface area contributed by atoms with Crippen LogP contribution in [0.2, 0.25) is 5.15 Å². The van der Waals surface area contributed by atoms with Gasteiger partial charge in [0.2, 0.25) is 0 Å². The monoisotopic (exact) mass is 204 g/mol. The van der Waals surface area contributed by atoms with Crippen LogP contribution in [0.3, 0.4) is 0 Å². The van der Waals surface area contributed by atoms with Crippen molar-refractivity contribution in [2.45, 2.75) is 0 Å². The summed E-state index contributed by atoms with van der Waals surface area (Å²) < 4.78 is 0. The molecule has 3 heterocycles. The van der Waals surface area contributed by atoms with Gasteiger partial charge in [0.15, 0.2) is 5.65 Å². The maximum Gasteiger partial charge on any atom is 0.157 e. The van der Waals surface area contributed by atoms with Gasteiger partial charge >= 0.3 is 0 Å². The van der Waals surface area contributed by atoms with Crippen molar-refractivity contribution in [1.29, 1.82) is 0 Å². The normalized spacial score (nSPS) is 11.2. The van der Waals surface area contributed by atoms with Gasteiger partial charge in [0.25, 0.3) is 0 Å². The van der Waals surface area contributed by atoms with Crippen LogP contribution in [0, 0.1) is 0 Å². The summed E-state index contributed by atoms with van der Waals surface area (Å²) in [6.07, 6.45) is 5.08. The van der Waals surface area contributed by atoms with Crippen molar-refractivity contribution in [3.05, 3.63) is 29.9 Å². The van der Waals surface area contributed by atoms with E-state index >= 15 is 0 Å². The smallest absolute Gasteiger partial charge is 0.157 e. The highest BCUT2D eigenvalue weighted by atomic mass is 35.5. The minimum absolute atomic E-state index is 0.467. The number of pyridine rings is 2. The van der Waals surface area contributed by atoms with Gasteiger partial charge in [0.1, 0.15) is 10.7 Å². The van der Waals surface area contributed by atoms with Crippen LogP contribution in [-0.4, -0.2) is 19.9 Å². The second-order valence-electron chi connectivity index (χ2n) is 2.95. The quantitative estimate of drug-likeness (QED) is 0.571. The van der Waals surface area contributed by atoms with E-state index in [1.54, 1.807) is 24.8 Å². The van der Waals surface area contributed by atoms with Crippen molar-refractivity contribution in [2.75, 3.05) is 0 Å². The molecule has 0 aliphatic rings. The molecule has 1 N–H and O–H groups in total. The Morgan fingerprint density at radius 1 is 1.14 bits per heavy atom. The summed E-state index contributed by atoms with van der Waals surface area (Å²) in [5, 5.41) is 2.37. The third-order valence-electron chi connectivity index (χ3n) is 2.11. The molecule has 0 amide bonds. The molecule has 0 aromatic carbocycles.